The summed E-state index contributed by atoms with van der Waals surface area (Å²) in [6.45, 7) is 9.43. The van der Waals surface area contributed by atoms with Crippen LogP contribution < -0.4 is 4.90 Å². The van der Waals surface area contributed by atoms with Gasteiger partial charge in [0.1, 0.15) is 0 Å². The van der Waals surface area contributed by atoms with Crippen LogP contribution >= 0.6 is 0 Å². The second kappa shape index (κ2) is 15.6. The fourth-order valence-corrected chi connectivity index (χ4v) is 12.1. The third-order valence-corrected chi connectivity index (χ3v) is 15.0. The van der Waals surface area contributed by atoms with Gasteiger partial charge in [-0.15, -0.1) is 0 Å². The molecule has 1 spiro atoms. The molecule has 0 radical (unpaired) electrons. The first kappa shape index (κ1) is 39.9. The van der Waals surface area contributed by atoms with Gasteiger partial charge >= 0.3 is 0 Å². The van der Waals surface area contributed by atoms with Crippen molar-refractivity contribution >= 4 is 67.4 Å². The highest BCUT2D eigenvalue weighted by Gasteiger charge is 2.49. The quantitative estimate of drug-likeness (QED) is 0.157. The van der Waals surface area contributed by atoms with Gasteiger partial charge in [0, 0.05) is 56.4 Å². The molecule has 9 aromatic rings. The molecule has 7 aromatic carbocycles. The highest BCUT2D eigenvalue weighted by Crippen LogP contribution is 2.61. The Balaban J connectivity index is 1.09. The number of nitrogens with zero attached hydrogens (tertiary/aromatic N) is 3. The molecule has 2 aromatic heterocycles. The molecule has 0 bridgehead atoms. The van der Waals surface area contributed by atoms with Crippen LogP contribution in [0, 0.1) is 0 Å². The maximum atomic E-state index is 4.00. The molecule has 1 unspecified atom stereocenters. The largest absolute Gasteiger partial charge is 0.336 e. The van der Waals surface area contributed by atoms with Crippen molar-refractivity contribution in [3.05, 3.63) is 270 Å². The summed E-state index contributed by atoms with van der Waals surface area (Å²) in [4.78, 5) is 2.55. The van der Waals surface area contributed by atoms with Gasteiger partial charge < -0.3 is 14.0 Å². The molecular formula is C65H49N3. The minimum Gasteiger partial charge on any atom is -0.336 e. The summed E-state index contributed by atoms with van der Waals surface area (Å²) in [5, 5.41) is 3.76. The molecule has 3 heteroatoms. The predicted molar refractivity (Wildman–Crippen MR) is 289 cm³/mol. The number of benzene rings is 7. The van der Waals surface area contributed by atoms with Gasteiger partial charge in [-0.05, 0) is 125 Å². The summed E-state index contributed by atoms with van der Waals surface area (Å²) in [6.07, 6.45) is 26.3. The van der Waals surface area contributed by atoms with Gasteiger partial charge in [-0.1, -0.05) is 176 Å². The number of fused-ring (bicyclic) bond motifs is 14. The molecule has 68 heavy (non-hydrogen) atoms. The SMILES string of the molecule is C=C/C=C\C=C1/CN(c2ccc3c(c2)c2ccccc2n3C2C=CC=CC=C2)c2cc3c(cc21)-c1ccccc1C31/C(C)=C/c2c(c3ccccc3n2-c2ccccc2)/C=C(\C)c2ccccc21. The number of rotatable bonds is 5. The van der Waals surface area contributed by atoms with Crippen molar-refractivity contribution in [3.63, 3.8) is 0 Å². The van der Waals surface area contributed by atoms with Crippen molar-refractivity contribution in [2.45, 2.75) is 25.3 Å². The smallest absolute Gasteiger partial charge is 0.0712 e. The summed E-state index contributed by atoms with van der Waals surface area (Å²) in [7, 11) is 0. The Bertz CT molecular complexity index is 3800. The van der Waals surface area contributed by atoms with Crippen LogP contribution in [0.2, 0.25) is 0 Å². The van der Waals surface area contributed by atoms with E-state index in [0.29, 0.717) is 0 Å². The van der Waals surface area contributed by atoms with Gasteiger partial charge in [-0.3, -0.25) is 0 Å². The summed E-state index contributed by atoms with van der Waals surface area (Å²) in [5.41, 5.74) is 21.8. The van der Waals surface area contributed by atoms with E-state index in [1.807, 2.05) is 12.2 Å². The van der Waals surface area contributed by atoms with Gasteiger partial charge in [0.05, 0.1) is 28.2 Å². The van der Waals surface area contributed by atoms with Gasteiger partial charge in [0.2, 0.25) is 0 Å². The monoisotopic (exact) mass is 871 g/mol. The van der Waals surface area contributed by atoms with E-state index < -0.39 is 5.41 Å². The number of aromatic nitrogens is 2. The number of para-hydroxylation sites is 3. The maximum absolute atomic E-state index is 4.00. The molecule has 0 N–H and O–H groups in total. The first-order chi connectivity index (χ1) is 33.5. The average molecular weight is 872 g/mol. The lowest BCUT2D eigenvalue weighted by atomic mass is 9.65. The fraction of sp³-hybridized carbons (Fsp3) is 0.0769. The zero-order valence-corrected chi connectivity index (χ0v) is 38.3. The van der Waals surface area contributed by atoms with Crippen LogP contribution in [0.25, 0.3) is 72.8 Å². The van der Waals surface area contributed by atoms with Crippen LogP contribution in [0.1, 0.15) is 59.0 Å². The normalized spacial score (nSPS) is 19.3. The topological polar surface area (TPSA) is 13.1 Å². The highest BCUT2D eigenvalue weighted by atomic mass is 15.2. The second-order valence-corrected chi connectivity index (χ2v) is 18.5. The zero-order valence-electron chi connectivity index (χ0n) is 38.3. The summed E-state index contributed by atoms with van der Waals surface area (Å²) in [5.74, 6) is 0. The van der Waals surface area contributed by atoms with E-state index in [0.717, 1.165) is 12.2 Å². The van der Waals surface area contributed by atoms with E-state index in [2.05, 4.69) is 253 Å². The molecule has 1 atom stereocenters. The van der Waals surface area contributed by atoms with Gasteiger partial charge in [0.25, 0.3) is 0 Å². The lowest BCUT2D eigenvalue weighted by Crippen LogP contribution is -2.30. The molecule has 0 amide bonds. The lowest BCUT2D eigenvalue weighted by molar-refractivity contribution is 0.749. The summed E-state index contributed by atoms with van der Waals surface area (Å²) in [6, 6.07) is 59.2. The van der Waals surface area contributed by atoms with Crippen molar-refractivity contribution in [2.24, 2.45) is 0 Å². The average Bonchev–Trinajstić information content (AvgIpc) is 4.01. The van der Waals surface area contributed by atoms with Crippen molar-refractivity contribution in [1.29, 1.82) is 0 Å². The Morgan fingerprint density at radius 3 is 2.01 bits per heavy atom. The van der Waals surface area contributed by atoms with E-state index in [-0.39, 0.29) is 6.04 Å². The minimum absolute atomic E-state index is 0.105. The Morgan fingerprint density at radius 1 is 0.544 bits per heavy atom. The Morgan fingerprint density at radius 2 is 1.22 bits per heavy atom. The second-order valence-electron chi connectivity index (χ2n) is 18.5. The Hall–Kier alpha value is -8.40. The molecule has 4 aliphatic rings. The van der Waals surface area contributed by atoms with Crippen molar-refractivity contribution in [2.75, 3.05) is 11.4 Å². The predicted octanol–water partition coefficient (Wildman–Crippen LogP) is 16.5. The van der Waals surface area contributed by atoms with E-state index in [1.54, 1.807) is 0 Å². The Labute approximate surface area is 397 Å². The van der Waals surface area contributed by atoms with Crippen LogP contribution in [0.4, 0.5) is 11.4 Å². The molecule has 0 fully saturated rings. The van der Waals surface area contributed by atoms with Crippen LogP contribution in [-0.4, -0.2) is 15.7 Å². The summed E-state index contributed by atoms with van der Waals surface area (Å²) < 4.78 is 4.95. The van der Waals surface area contributed by atoms with Crippen molar-refractivity contribution in [3.8, 4) is 16.8 Å². The number of hydrogen-bond donors (Lipinski definition) is 0. The van der Waals surface area contributed by atoms with E-state index >= 15 is 0 Å². The third kappa shape index (κ3) is 5.78. The summed E-state index contributed by atoms with van der Waals surface area (Å²) >= 11 is 0. The maximum Gasteiger partial charge on any atom is 0.0712 e. The van der Waals surface area contributed by atoms with E-state index in [1.165, 1.54) is 111 Å². The third-order valence-electron chi connectivity index (χ3n) is 15.0. The fourth-order valence-electron chi connectivity index (χ4n) is 12.1. The van der Waals surface area contributed by atoms with Crippen molar-refractivity contribution in [1.82, 2.24) is 9.13 Å². The van der Waals surface area contributed by atoms with Crippen LogP contribution in [0.15, 0.2) is 231 Å². The van der Waals surface area contributed by atoms with Crippen LogP contribution in [-0.2, 0) is 5.41 Å². The van der Waals surface area contributed by atoms with Crippen molar-refractivity contribution < 1.29 is 0 Å². The first-order valence-electron chi connectivity index (χ1n) is 23.8. The van der Waals surface area contributed by atoms with Gasteiger partial charge in [-0.25, -0.2) is 0 Å². The molecule has 3 aliphatic carbocycles. The number of hydrogen-bond acceptors (Lipinski definition) is 1. The molecule has 3 nitrogen and oxygen atoms in total. The molecule has 1 aliphatic heterocycles. The molecular weight excluding hydrogens is 823 g/mol. The van der Waals surface area contributed by atoms with E-state index in [4.69, 9.17) is 0 Å². The number of anilines is 2. The Kier molecular flexibility index (Phi) is 9.16. The van der Waals surface area contributed by atoms with Crippen LogP contribution in [0.3, 0.4) is 0 Å². The van der Waals surface area contributed by atoms with Crippen LogP contribution in [0.5, 0.6) is 0 Å². The zero-order chi connectivity index (χ0) is 45.5. The standard InChI is InChI=1S/C65H49N3/c1-4-5-9-22-45-42-66(48-35-36-62-56(39-48)52-30-17-20-33-60(52)67(62)46-23-10-6-7-11-24-46)63-41-59-54(40-53(45)63)50-28-15-19-32-58(50)65(59)44(3)38-64-55(37-43(2)49-27-14-18-31-57(49)65)51-29-16-21-34-61(51)68(64)47-25-12-8-13-26-47/h4-41,46H,1,42H2,2-3H3/b9-5-,43-37+,44-38+,45-22+. The van der Waals surface area contributed by atoms with Gasteiger partial charge in [0.15, 0.2) is 0 Å². The van der Waals surface area contributed by atoms with E-state index in [9.17, 15) is 0 Å². The molecule has 0 saturated carbocycles. The van der Waals surface area contributed by atoms with Gasteiger partial charge in [-0.2, -0.15) is 0 Å². The molecule has 3 heterocycles. The number of allylic oxidation sites excluding steroid dienone is 12. The highest BCUT2D eigenvalue weighted by molar-refractivity contribution is 6.10. The molecule has 13 rings (SSSR count). The lowest BCUT2D eigenvalue weighted by Gasteiger charge is -2.36. The molecule has 0 saturated heterocycles. The minimum atomic E-state index is -0.612. The first-order valence-corrected chi connectivity index (χ1v) is 23.8. The molecule has 324 valence electrons.